The van der Waals surface area contributed by atoms with Crippen molar-refractivity contribution in [2.24, 2.45) is 0 Å². The number of carbonyl (C=O) groups is 2. The fraction of sp³-hybridized carbons (Fsp3) is 0.864. The molecule has 0 aliphatic heterocycles. The number of ether oxygens (including phenoxy) is 1. The SMILES string of the molecule is CCCCCCCC/C=C\CCCCCCCCCC(=O)OCCCCC/C=C\C=C/CCCCCCCCCCCCC(=O)NC(CO)C(O)CCCCCCCCCCCCCC. The van der Waals surface area contributed by atoms with Crippen molar-refractivity contribution in [3.05, 3.63) is 36.5 Å². The lowest BCUT2D eigenvalue weighted by atomic mass is 10.0. The third kappa shape index (κ3) is 51.3. The Balaban J connectivity index is 3.46. The molecule has 0 radical (unpaired) electrons. The van der Waals surface area contributed by atoms with Gasteiger partial charge in [0.25, 0.3) is 0 Å². The minimum atomic E-state index is -0.670. The molecule has 0 aromatic rings. The molecule has 0 spiro atoms. The number of aliphatic hydroxyl groups is 2. The summed E-state index contributed by atoms with van der Waals surface area (Å²) in [7, 11) is 0. The van der Waals surface area contributed by atoms with Crippen molar-refractivity contribution in [2.75, 3.05) is 13.2 Å². The Hall–Kier alpha value is -1.92. The van der Waals surface area contributed by atoms with E-state index in [1.807, 2.05) is 0 Å². The van der Waals surface area contributed by atoms with E-state index >= 15 is 0 Å². The molecule has 2 atom stereocenters. The zero-order chi connectivity index (χ0) is 47.2. The summed E-state index contributed by atoms with van der Waals surface area (Å²) in [6.45, 7) is 4.90. The predicted molar refractivity (Wildman–Crippen MR) is 283 cm³/mol. The summed E-state index contributed by atoms with van der Waals surface area (Å²) >= 11 is 0. The second-order valence-electron chi connectivity index (χ2n) is 19.6. The smallest absolute Gasteiger partial charge is 0.305 e. The number of allylic oxidation sites excluding steroid dienone is 6. The van der Waals surface area contributed by atoms with E-state index in [0.29, 0.717) is 25.9 Å². The van der Waals surface area contributed by atoms with Crippen LogP contribution in [0.1, 0.15) is 303 Å². The minimum Gasteiger partial charge on any atom is -0.466 e. The lowest BCUT2D eigenvalue weighted by Crippen LogP contribution is -2.45. The lowest BCUT2D eigenvalue weighted by Gasteiger charge is -2.22. The summed E-state index contributed by atoms with van der Waals surface area (Å²) in [5.41, 5.74) is 0. The third-order valence-electron chi connectivity index (χ3n) is 13.2. The molecule has 0 fully saturated rings. The van der Waals surface area contributed by atoms with E-state index in [0.717, 1.165) is 70.6 Å². The quantitative estimate of drug-likeness (QED) is 0.0244. The third-order valence-corrected chi connectivity index (χ3v) is 13.2. The predicted octanol–water partition coefficient (Wildman–Crippen LogP) is 17.6. The van der Waals surface area contributed by atoms with Crippen LogP contribution in [-0.2, 0) is 14.3 Å². The molecule has 0 aliphatic rings. The zero-order valence-corrected chi connectivity index (χ0v) is 43.5. The standard InChI is InChI=1S/C59H111NO5/c1-3-5-7-9-11-13-15-17-18-22-26-29-33-37-41-45-49-53-59(64)65-54-50-46-42-38-34-30-27-24-21-19-20-23-25-28-32-36-40-44-48-52-58(63)60-56(55-61)57(62)51-47-43-39-35-31-16-14-12-10-8-6-4-2/h17-18,24,27,30,34,56-57,61-62H,3-16,19-23,25-26,28-29,31-33,35-55H2,1-2H3,(H,60,63)/b18-17-,27-24-,34-30-. The molecule has 0 bridgehead atoms. The molecular weight excluding hydrogens is 803 g/mol. The Kier molecular flexibility index (Phi) is 53.1. The fourth-order valence-corrected chi connectivity index (χ4v) is 8.74. The van der Waals surface area contributed by atoms with Gasteiger partial charge in [-0.05, 0) is 83.5 Å². The Bertz CT molecular complexity index is 1060. The molecule has 0 rings (SSSR count). The van der Waals surface area contributed by atoms with E-state index in [2.05, 4.69) is 55.6 Å². The molecule has 382 valence electrons. The average molecular weight is 915 g/mol. The second-order valence-corrected chi connectivity index (χ2v) is 19.6. The first-order chi connectivity index (χ1) is 32.0. The Labute approximate surface area is 404 Å². The molecule has 0 aliphatic carbocycles. The fourth-order valence-electron chi connectivity index (χ4n) is 8.74. The van der Waals surface area contributed by atoms with E-state index in [1.54, 1.807) is 0 Å². The van der Waals surface area contributed by atoms with Gasteiger partial charge in [0.05, 0.1) is 25.4 Å². The summed E-state index contributed by atoms with van der Waals surface area (Å²) in [4.78, 5) is 24.5. The summed E-state index contributed by atoms with van der Waals surface area (Å²) in [6.07, 6.45) is 67.1. The summed E-state index contributed by atoms with van der Waals surface area (Å²) in [5.74, 6) is -0.0624. The van der Waals surface area contributed by atoms with Crippen LogP contribution in [-0.4, -0.2) is 47.4 Å². The number of esters is 1. The Morgan fingerprint density at radius 3 is 1.18 bits per heavy atom. The molecule has 0 saturated carbocycles. The minimum absolute atomic E-state index is 0.0169. The molecule has 0 aromatic carbocycles. The van der Waals surface area contributed by atoms with Gasteiger partial charge in [0.15, 0.2) is 0 Å². The maximum absolute atomic E-state index is 12.4. The highest BCUT2D eigenvalue weighted by Crippen LogP contribution is 2.16. The molecule has 65 heavy (non-hydrogen) atoms. The molecule has 6 nitrogen and oxygen atoms in total. The highest BCUT2D eigenvalue weighted by molar-refractivity contribution is 5.76. The highest BCUT2D eigenvalue weighted by Gasteiger charge is 2.20. The summed E-state index contributed by atoms with van der Waals surface area (Å²) < 4.78 is 5.46. The van der Waals surface area contributed by atoms with Crippen molar-refractivity contribution in [1.82, 2.24) is 5.32 Å². The largest absolute Gasteiger partial charge is 0.466 e. The van der Waals surface area contributed by atoms with Crippen molar-refractivity contribution in [1.29, 1.82) is 0 Å². The van der Waals surface area contributed by atoms with Gasteiger partial charge in [-0.25, -0.2) is 0 Å². The number of unbranched alkanes of at least 4 members (excludes halogenated alkanes) is 37. The molecule has 1 amide bonds. The number of rotatable bonds is 53. The van der Waals surface area contributed by atoms with Crippen LogP contribution in [0, 0.1) is 0 Å². The van der Waals surface area contributed by atoms with Gasteiger partial charge in [0, 0.05) is 12.8 Å². The first-order valence-electron chi connectivity index (χ1n) is 28.8. The van der Waals surface area contributed by atoms with Gasteiger partial charge in [0.1, 0.15) is 0 Å². The van der Waals surface area contributed by atoms with E-state index < -0.39 is 12.1 Å². The number of carbonyl (C=O) groups excluding carboxylic acids is 2. The maximum atomic E-state index is 12.4. The van der Waals surface area contributed by atoms with Crippen LogP contribution < -0.4 is 5.32 Å². The van der Waals surface area contributed by atoms with Gasteiger partial charge in [-0.2, -0.15) is 0 Å². The average Bonchev–Trinajstić information content (AvgIpc) is 3.31. The van der Waals surface area contributed by atoms with Gasteiger partial charge < -0.3 is 20.3 Å². The van der Waals surface area contributed by atoms with Crippen molar-refractivity contribution < 1.29 is 24.5 Å². The maximum Gasteiger partial charge on any atom is 0.305 e. The lowest BCUT2D eigenvalue weighted by molar-refractivity contribution is -0.143. The van der Waals surface area contributed by atoms with Crippen molar-refractivity contribution in [3.63, 3.8) is 0 Å². The Morgan fingerprint density at radius 1 is 0.431 bits per heavy atom. The van der Waals surface area contributed by atoms with Gasteiger partial charge in [0.2, 0.25) is 5.91 Å². The second kappa shape index (κ2) is 54.7. The van der Waals surface area contributed by atoms with Crippen LogP contribution >= 0.6 is 0 Å². The summed E-state index contributed by atoms with van der Waals surface area (Å²) in [6, 6.07) is -0.548. The van der Waals surface area contributed by atoms with Crippen LogP contribution in [0.25, 0.3) is 0 Å². The van der Waals surface area contributed by atoms with Gasteiger partial charge in [-0.15, -0.1) is 0 Å². The normalized spacial score (nSPS) is 12.9. The van der Waals surface area contributed by atoms with Crippen LogP contribution in [0.15, 0.2) is 36.5 Å². The molecule has 6 heteroatoms. The van der Waals surface area contributed by atoms with Crippen molar-refractivity contribution in [2.45, 2.75) is 315 Å². The number of hydrogen-bond donors (Lipinski definition) is 3. The van der Waals surface area contributed by atoms with E-state index in [1.165, 1.54) is 199 Å². The van der Waals surface area contributed by atoms with E-state index in [9.17, 15) is 19.8 Å². The van der Waals surface area contributed by atoms with Crippen LogP contribution in [0.5, 0.6) is 0 Å². The molecular formula is C59H111NO5. The van der Waals surface area contributed by atoms with Crippen LogP contribution in [0.3, 0.4) is 0 Å². The summed E-state index contributed by atoms with van der Waals surface area (Å²) in [5, 5.41) is 23.2. The van der Waals surface area contributed by atoms with E-state index in [4.69, 9.17) is 4.74 Å². The van der Waals surface area contributed by atoms with Gasteiger partial charge >= 0.3 is 5.97 Å². The molecule has 0 aromatic heterocycles. The molecule has 2 unspecified atom stereocenters. The Morgan fingerprint density at radius 2 is 0.769 bits per heavy atom. The van der Waals surface area contributed by atoms with E-state index in [-0.39, 0.29) is 18.5 Å². The molecule has 0 saturated heterocycles. The number of aliphatic hydroxyl groups excluding tert-OH is 2. The highest BCUT2D eigenvalue weighted by atomic mass is 16.5. The first-order valence-corrected chi connectivity index (χ1v) is 28.8. The monoisotopic (exact) mass is 914 g/mol. The topological polar surface area (TPSA) is 95.9 Å². The molecule has 0 heterocycles. The number of amides is 1. The van der Waals surface area contributed by atoms with Crippen molar-refractivity contribution >= 4 is 11.9 Å². The van der Waals surface area contributed by atoms with Gasteiger partial charge in [-0.1, -0.05) is 243 Å². The van der Waals surface area contributed by atoms with Crippen LogP contribution in [0.4, 0.5) is 0 Å². The zero-order valence-electron chi connectivity index (χ0n) is 43.5. The number of nitrogens with one attached hydrogen (secondary N) is 1. The van der Waals surface area contributed by atoms with Gasteiger partial charge in [-0.3, -0.25) is 9.59 Å². The molecule has 3 N–H and O–H groups in total. The number of hydrogen-bond acceptors (Lipinski definition) is 5. The van der Waals surface area contributed by atoms with Crippen LogP contribution in [0.2, 0.25) is 0 Å². The van der Waals surface area contributed by atoms with Crippen molar-refractivity contribution in [3.8, 4) is 0 Å². The first kappa shape index (κ1) is 63.1.